The second kappa shape index (κ2) is 10.2. The summed E-state index contributed by atoms with van der Waals surface area (Å²) in [7, 11) is 0. The van der Waals surface area contributed by atoms with E-state index >= 15 is 0 Å². The number of rotatable bonds is 7. The Kier molecular flexibility index (Phi) is 6.74. The van der Waals surface area contributed by atoms with Crippen LogP contribution in [0.4, 0.5) is 11.8 Å². The summed E-state index contributed by atoms with van der Waals surface area (Å²) in [4.78, 5) is 31.6. The molecule has 204 valence electrons. The minimum absolute atomic E-state index is 0.207. The quantitative estimate of drug-likeness (QED) is 0.422. The van der Waals surface area contributed by atoms with E-state index in [2.05, 4.69) is 52.3 Å². The van der Waals surface area contributed by atoms with Gasteiger partial charge in [0.1, 0.15) is 5.52 Å². The smallest absolute Gasteiger partial charge is 0.365 e. The van der Waals surface area contributed by atoms with Crippen molar-refractivity contribution in [3.8, 4) is 11.6 Å². The minimum Gasteiger partial charge on any atom is -0.365 e. The number of aromatic amines is 1. The Balaban J connectivity index is 1.52. The maximum absolute atomic E-state index is 11.7. The van der Waals surface area contributed by atoms with Crippen molar-refractivity contribution in [1.82, 2.24) is 29.7 Å². The number of nitrogens with one attached hydrogen (secondary N) is 2. The average Bonchev–Trinajstić information content (AvgIpc) is 3.47. The molecule has 0 bridgehead atoms. The lowest BCUT2D eigenvalue weighted by molar-refractivity contribution is 0.285. The molecule has 0 aromatic carbocycles. The number of H-pyrrole nitrogens is 1. The molecule has 6 rings (SSSR count). The molecule has 10 heteroatoms. The molecule has 2 atom stereocenters. The van der Waals surface area contributed by atoms with Gasteiger partial charge in [0.15, 0.2) is 11.5 Å². The summed E-state index contributed by atoms with van der Waals surface area (Å²) in [6, 6.07) is 0.624. The first-order valence-corrected chi connectivity index (χ1v) is 14.5. The number of nitrogens with zero attached hydrogens (tertiary/aromatic N) is 6. The molecular weight excluding hydrogens is 480 g/mol. The zero-order chi connectivity index (χ0) is 26.4. The van der Waals surface area contributed by atoms with Crippen molar-refractivity contribution in [3.05, 3.63) is 17.1 Å². The summed E-state index contributed by atoms with van der Waals surface area (Å²) in [5, 5.41) is 7.58. The molecule has 3 aliphatic rings. The summed E-state index contributed by atoms with van der Waals surface area (Å²) in [6.07, 6.45) is 11.9. The van der Waals surface area contributed by atoms with Crippen LogP contribution in [0, 0.1) is 17.8 Å². The normalized spacial score (nSPS) is 25.3. The molecular formula is C28H40N8O2. The van der Waals surface area contributed by atoms with Gasteiger partial charge in [0.25, 0.3) is 0 Å². The fourth-order valence-corrected chi connectivity index (χ4v) is 6.41. The first kappa shape index (κ1) is 25.1. The van der Waals surface area contributed by atoms with Gasteiger partial charge in [-0.2, -0.15) is 4.98 Å². The third-order valence-electron chi connectivity index (χ3n) is 9.20. The maximum atomic E-state index is 11.7. The highest BCUT2D eigenvalue weighted by atomic mass is 16.5. The second-order valence-electron chi connectivity index (χ2n) is 11.9. The number of hydrogen-bond donors (Lipinski definition) is 2. The van der Waals surface area contributed by atoms with Gasteiger partial charge in [-0.05, 0) is 76.5 Å². The van der Waals surface area contributed by atoms with E-state index in [4.69, 9.17) is 19.5 Å². The highest BCUT2D eigenvalue weighted by molar-refractivity contribution is 5.91. The van der Waals surface area contributed by atoms with Crippen LogP contribution in [0.2, 0.25) is 0 Å². The van der Waals surface area contributed by atoms with Gasteiger partial charge in [0.05, 0.1) is 0 Å². The second-order valence-corrected chi connectivity index (χ2v) is 11.9. The SMILES string of the molecule is C=C([C@H]1CC[C@H](C)CC1)n1c(N2CCCCC2C)nc2nc(-c3noc(=O)[nH]3)nc(N[C@H](C)C3CCC3)c21. The van der Waals surface area contributed by atoms with E-state index in [9.17, 15) is 4.79 Å². The van der Waals surface area contributed by atoms with Crippen molar-refractivity contribution in [1.29, 1.82) is 0 Å². The van der Waals surface area contributed by atoms with E-state index in [-0.39, 0.29) is 11.9 Å². The van der Waals surface area contributed by atoms with Crippen molar-refractivity contribution in [2.24, 2.45) is 17.8 Å². The lowest BCUT2D eigenvalue weighted by Gasteiger charge is -2.36. The zero-order valence-electron chi connectivity index (χ0n) is 22.9. The van der Waals surface area contributed by atoms with Crippen molar-refractivity contribution in [2.75, 3.05) is 16.8 Å². The Morgan fingerprint density at radius 3 is 2.50 bits per heavy atom. The van der Waals surface area contributed by atoms with Crippen molar-refractivity contribution in [3.63, 3.8) is 0 Å². The van der Waals surface area contributed by atoms with Gasteiger partial charge in [-0.3, -0.25) is 14.1 Å². The van der Waals surface area contributed by atoms with Crippen LogP contribution in [0.25, 0.3) is 28.5 Å². The lowest BCUT2D eigenvalue weighted by atomic mass is 9.80. The van der Waals surface area contributed by atoms with Gasteiger partial charge in [-0.15, -0.1) is 0 Å². The summed E-state index contributed by atoms with van der Waals surface area (Å²) < 4.78 is 7.02. The number of fused-ring (bicyclic) bond motifs is 1. The average molecular weight is 521 g/mol. The fourth-order valence-electron chi connectivity index (χ4n) is 6.41. The number of piperidine rings is 1. The van der Waals surface area contributed by atoms with Gasteiger partial charge in [0.2, 0.25) is 17.6 Å². The predicted octanol–water partition coefficient (Wildman–Crippen LogP) is 5.45. The Morgan fingerprint density at radius 1 is 1.05 bits per heavy atom. The van der Waals surface area contributed by atoms with Gasteiger partial charge < -0.3 is 10.2 Å². The van der Waals surface area contributed by atoms with Crippen molar-refractivity contribution in [2.45, 2.75) is 97.1 Å². The van der Waals surface area contributed by atoms with Crippen LogP contribution in [-0.4, -0.2) is 48.3 Å². The van der Waals surface area contributed by atoms with Gasteiger partial charge >= 0.3 is 5.76 Å². The molecule has 0 spiro atoms. The van der Waals surface area contributed by atoms with Crippen LogP contribution in [-0.2, 0) is 0 Å². The molecule has 38 heavy (non-hydrogen) atoms. The van der Waals surface area contributed by atoms with Gasteiger partial charge in [-0.25, -0.2) is 14.8 Å². The van der Waals surface area contributed by atoms with E-state index in [1.165, 1.54) is 38.5 Å². The third-order valence-corrected chi connectivity index (χ3v) is 9.20. The van der Waals surface area contributed by atoms with E-state index in [0.717, 1.165) is 55.3 Å². The number of aromatic nitrogens is 6. The topological polar surface area (TPSA) is 118 Å². The number of imidazole rings is 1. The van der Waals surface area contributed by atoms with Crippen LogP contribution < -0.4 is 16.0 Å². The standard InChI is InChI=1S/C28H40N8O2/c1-16-11-13-21(14-12-16)19(4)36-22-23(29-18(3)20-9-7-10-20)30-25(26-33-28(37)38-34-26)31-24(22)32-27(36)35-15-6-5-8-17(35)2/h16-18,20-21H,4-15H2,1-3H3,(H,29,30,31)(H,33,34,37)/t16-,17?,18-,21-/m1/s1. The van der Waals surface area contributed by atoms with E-state index < -0.39 is 5.76 Å². The van der Waals surface area contributed by atoms with Crippen molar-refractivity contribution >= 4 is 28.6 Å². The van der Waals surface area contributed by atoms with Crippen LogP contribution in [0.3, 0.4) is 0 Å². The molecule has 2 aliphatic carbocycles. The maximum Gasteiger partial charge on any atom is 0.439 e. The molecule has 0 amide bonds. The Labute approximate surface area is 223 Å². The fraction of sp³-hybridized carbons (Fsp3) is 0.679. The molecule has 10 nitrogen and oxygen atoms in total. The van der Waals surface area contributed by atoms with Gasteiger partial charge in [0, 0.05) is 24.3 Å². The molecule has 1 aliphatic heterocycles. The summed E-state index contributed by atoms with van der Waals surface area (Å²) in [5.74, 6) is 3.25. The Hall–Kier alpha value is -3.17. The summed E-state index contributed by atoms with van der Waals surface area (Å²) >= 11 is 0. The van der Waals surface area contributed by atoms with Gasteiger partial charge in [-0.1, -0.05) is 37.9 Å². The highest BCUT2D eigenvalue weighted by Gasteiger charge is 2.32. The first-order valence-electron chi connectivity index (χ1n) is 14.5. The molecule has 2 saturated carbocycles. The van der Waals surface area contributed by atoms with E-state index in [0.29, 0.717) is 35.2 Å². The number of hydrogen-bond acceptors (Lipinski definition) is 8. The minimum atomic E-state index is -0.630. The third kappa shape index (κ3) is 4.62. The largest absolute Gasteiger partial charge is 0.439 e. The van der Waals surface area contributed by atoms with E-state index in [1.807, 2.05) is 0 Å². The van der Waals surface area contributed by atoms with E-state index in [1.54, 1.807) is 0 Å². The molecule has 1 unspecified atom stereocenters. The molecule has 3 fully saturated rings. The lowest BCUT2D eigenvalue weighted by Crippen LogP contribution is -2.39. The van der Waals surface area contributed by atoms with Crippen LogP contribution in [0.15, 0.2) is 15.9 Å². The summed E-state index contributed by atoms with van der Waals surface area (Å²) in [5.41, 5.74) is 2.53. The number of allylic oxidation sites excluding steroid dienone is 1. The molecule has 3 aromatic heterocycles. The predicted molar refractivity (Wildman–Crippen MR) is 149 cm³/mol. The van der Waals surface area contributed by atoms with Crippen LogP contribution >= 0.6 is 0 Å². The molecule has 3 aromatic rings. The molecule has 0 radical (unpaired) electrons. The Bertz CT molecular complexity index is 1360. The Morgan fingerprint density at radius 2 is 1.84 bits per heavy atom. The monoisotopic (exact) mass is 520 g/mol. The highest BCUT2D eigenvalue weighted by Crippen LogP contribution is 2.41. The zero-order valence-corrected chi connectivity index (χ0v) is 22.9. The molecule has 2 N–H and O–H groups in total. The van der Waals surface area contributed by atoms with Crippen molar-refractivity contribution < 1.29 is 4.52 Å². The molecule has 1 saturated heterocycles. The molecule has 4 heterocycles. The summed E-state index contributed by atoms with van der Waals surface area (Å²) in [6.45, 7) is 12.5. The van der Waals surface area contributed by atoms with Crippen LogP contribution in [0.1, 0.15) is 85.0 Å². The van der Waals surface area contributed by atoms with Crippen LogP contribution in [0.5, 0.6) is 0 Å². The first-order chi connectivity index (χ1) is 18.4. The number of anilines is 2.